The van der Waals surface area contributed by atoms with Crippen LogP contribution < -0.4 is 5.73 Å². The molecule has 2 rings (SSSR count). The van der Waals surface area contributed by atoms with E-state index in [1.165, 1.54) is 12.8 Å². The molecule has 14 heavy (non-hydrogen) atoms. The second-order valence-corrected chi connectivity index (χ2v) is 4.94. The van der Waals surface area contributed by atoms with E-state index >= 15 is 0 Å². The SMILES string of the molecule is CC1CCC2(CC1)CC(=O)OC2CN. The molecule has 0 radical (unpaired) electrons. The Hall–Kier alpha value is -0.570. The molecule has 1 heterocycles. The van der Waals surface area contributed by atoms with Gasteiger partial charge >= 0.3 is 5.97 Å². The van der Waals surface area contributed by atoms with E-state index in [2.05, 4.69) is 6.92 Å². The summed E-state index contributed by atoms with van der Waals surface area (Å²) in [6, 6.07) is 0. The molecule has 1 aliphatic heterocycles. The maximum absolute atomic E-state index is 11.3. The van der Waals surface area contributed by atoms with Crippen molar-refractivity contribution in [1.29, 1.82) is 0 Å². The predicted molar refractivity (Wildman–Crippen MR) is 53.6 cm³/mol. The van der Waals surface area contributed by atoms with Gasteiger partial charge in [0.25, 0.3) is 0 Å². The Morgan fingerprint density at radius 3 is 2.71 bits per heavy atom. The third kappa shape index (κ3) is 1.54. The molecule has 0 aromatic heterocycles. The maximum atomic E-state index is 11.3. The highest BCUT2D eigenvalue weighted by atomic mass is 16.6. The highest BCUT2D eigenvalue weighted by molar-refractivity contribution is 5.73. The van der Waals surface area contributed by atoms with Crippen molar-refractivity contribution in [3.05, 3.63) is 0 Å². The molecule has 2 aliphatic rings. The Morgan fingerprint density at radius 2 is 2.14 bits per heavy atom. The van der Waals surface area contributed by atoms with Crippen molar-refractivity contribution in [2.45, 2.75) is 45.1 Å². The molecule has 1 saturated carbocycles. The van der Waals surface area contributed by atoms with Gasteiger partial charge in [-0.1, -0.05) is 19.8 Å². The van der Waals surface area contributed by atoms with Gasteiger partial charge in [-0.25, -0.2) is 0 Å². The van der Waals surface area contributed by atoms with Crippen LogP contribution in [-0.2, 0) is 9.53 Å². The lowest BCUT2D eigenvalue weighted by Gasteiger charge is -2.37. The first-order valence-corrected chi connectivity index (χ1v) is 5.56. The van der Waals surface area contributed by atoms with Crippen molar-refractivity contribution >= 4 is 5.97 Å². The summed E-state index contributed by atoms with van der Waals surface area (Å²) in [5.41, 5.74) is 5.75. The van der Waals surface area contributed by atoms with Crippen molar-refractivity contribution in [3.8, 4) is 0 Å². The summed E-state index contributed by atoms with van der Waals surface area (Å²) >= 11 is 0. The molecule has 80 valence electrons. The second-order valence-electron chi connectivity index (χ2n) is 4.94. The first kappa shape index (κ1) is 9.97. The van der Waals surface area contributed by atoms with E-state index in [4.69, 9.17) is 10.5 Å². The number of ether oxygens (including phenoxy) is 1. The smallest absolute Gasteiger partial charge is 0.306 e. The zero-order valence-electron chi connectivity index (χ0n) is 8.79. The van der Waals surface area contributed by atoms with Crippen LogP contribution in [0.3, 0.4) is 0 Å². The quantitative estimate of drug-likeness (QED) is 0.647. The predicted octanol–water partition coefficient (Wildman–Crippen LogP) is 1.46. The molecule has 2 fully saturated rings. The van der Waals surface area contributed by atoms with Crippen LogP contribution in [0.2, 0.25) is 0 Å². The molecule has 2 N–H and O–H groups in total. The Labute approximate surface area is 85.0 Å². The first-order valence-electron chi connectivity index (χ1n) is 5.56. The molecule has 3 nitrogen and oxygen atoms in total. The number of hydrogen-bond acceptors (Lipinski definition) is 3. The van der Waals surface area contributed by atoms with Crippen molar-refractivity contribution in [3.63, 3.8) is 0 Å². The number of rotatable bonds is 1. The lowest BCUT2D eigenvalue weighted by atomic mass is 9.67. The molecule has 0 aromatic rings. The molecule has 0 amide bonds. The Kier molecular flexibility index (Phi) is 2.52. The van der Waals surface area contributed by atoms with E-state index in [-0.39, 0.29) is 17.5 Å². The maximum Gasteiger partial charge on any atom is 0.306 e. The third-order valence-electron chi connectivity index (χ3n) is 3.94. The minimum atomic E-state index is -0.0463. The van der Waals surface area contributed by atoms with Gasteiger partial charge in [-0.15, -0.1) is 0 Å². The second kappa shape index (κ2) is 3.54. The summed E-state index contributed by atoms with van der Waals surface area (Å²) in [7, 11) is 0. The summed E-state index contributed by atoms with van der Waals surface area (Å²) in [5.74, 6) is 0.754. The normalized spacial score (nSPS) is 42.9. The molecular weight excluding hydrogens is 178 g/mol. The topological polar surface area (TPSA) is 52.3 Å². The average molecular weight is 197 g/mol. The van der Waals surface area contributed by atoms with Gasteiger partial charge in [-0.05, 0) is 18.8 Å². The van der Waals surface area contributed by atoms with Gasteiger partial charge in [-0.3, -0.25) is 4.79 Å². The number of carbonyl (C=O) groups excluding carboxylic acids is 1. The summed E-state index contributed by atoms with van der Waals surface area (Å²) in [6.07, 6.45) is 5.24. The van der Waals surface area contributed by atoms with Crippen LogP contribution in [0, 0.1) is 11.3 Å². The van der Waals surface area contributed by atoms with Gasteiger partial charge in [0.2, 0.25) is 0 Å². The van der Waals surface area contributed by atoms with Gasteiger partial charge in [0.05, 0.1) is 6.42 Å². The van der Waals surface area contributed by atoms with Gasteiger partial charge in [0.15, 0.2) is 0 Å². The number of carbonyl (C=O) groups is 1. The van der Waals surface area contributed by atoms with Crippen LogP contribution in [0.1, 0.15) is 39.0 Å². The van der Waals surface area contributed by atoms with E-state index in [0.717, 1.165) is 18.8 Å². The summed E-state index contributed by atoms with van der Waals surface area (Å²) in [4.78, 5) is 11.3. The zero-order chi connectivity index (χ0) is 10.2. The number of cyclic esters (lactones) is 1. The summed E-state index contributed by atoms with van der Waals surface area (Å²) < 4.78 is 5.28. The zero-order valence-corrected chi connectivity index (χ0v) is 8.79. The molecule has 3 heteroatoms. The van der Waals surface area contributed by atoms with Crippen LogP contribution in [0.15, 0.2) is 0 Å². The van der Waals surface area contributed by atoms with Crippen LogP contribution in [0.5, 0.6) is 0 Å². The number of esters is 1. The number of hydrogen-bond donors (Lipinski definition) is 1. The first-order chi connectivity index (χ1) is 6.66. The van der Waals surface area contributed by atoms with Gasteiger partial charge in [-0.2, -0.15) is 0 Å². The van der Waals surface area contributed by atoms with E-state index in [1.54, 1.807) is 0 Å². The molecule has 0 aromatic carbocycles. The van der Waals surface area contributed by atoms with Crippen LogP contribution in [0.25, 0.3) is 0 Å². The van der Waals surface area contributed by atoms with E-state index in [9.17, 15) is 4.79 Å². The Morgan fingerprint density at radius 1 is 1.50 bits per heavy atom. The molecule has 1 saturated heterocycles. The standard InChI is InChI=1S/C11H19NO2/c1-8-2-4-11(5-3-8)6-10(13)14-9(11)7-12/h8-9H,2-7,12H2,1H3. The summed E-state index contributed by atoms with van der Waals surface area (Å²) in [6.45, 7) is 2.77. The fraction of sp³-hybridized carbons (Fsp3) is 0.909. The van der Waals surface area contributed by atoms with E-state index in [0.29, 0.717) is 13.0 Å². The minimum Gasteiger partial charge on any atom is -0.460 e. The molecule has 1 spiro atoms. The van der Waals surface area contributed by atoms with Crippen LogP contribution in [0.4, 0.5) is 0 Å². The molecular formula is C11H19NO2. The van der Waals surface area contributed by atoms with E-state index in [1.807, 2.05) is 0 Å². The van der Waals surface area contributed by atoms with Crippen molar-refractivity contribution < 1.29 is 9.53 Å². The van der Waals surface area contributed by atoms with Crippen molar-refractivity contribution in [2.75, 3.05) is 6.54 Å². The van der Waals surface area contributed by atoms with Gasteiger partial charge < -0.3 is 10.5 Å². The minimum absolute atomic E-state index is 0.0116. The van der Waals surface area contributed by atoms with Gasteiger partial charge in [0.1, 0.15) is 6.10 Å². The lowest BCUT2D eigenvalue weighted by Crippen LogP contribution is -2.39. The largest absolute Gasteiger partial charge is 0.460 e. The van der Waals surface area contributed by atoms with Crippen molar-refractivity contribution in [2.24, 2.45) is 17.1 Å². The Balaban J connectivity index is 2.10. The average Bonchev–Trinajstić information content (AvgIpc) is 2.48. The highest BCUT2D eigenvalue weighted by Gasteiger charge is 2.49. The lowest BCUT2D eigenvalue weighted by molar-refractivity contribution is -0.141. The number of nitrogens with two attached hydrogens (primary N) is 1. The van der Waals surface area contributed by atoms with Crippen LogP contribution in [-0.4, -0.2) is 18.6 Å². The molecule has 0 bridgehead atoms. The van der Waals surface area contributed by atoms with Crippen molar-refractivity contribution in [1.82, 2.24) is 0 Å². The molecule has 1 unspecified atom stereocenters. The third-order valence-corrected chi connectivity index (χ3v) is 3.94. The van der Waals surface area contributed by atoms with Crippen LogP contribution >= 0.6 is 0 Å². The van der Waals surface area contributed by atoms with Gasteiger partial charge in [0, 0.05) is 12.0 Å². The molecule has 1 aliphatic carbocycles. The fourth-order valence-corrected chi connectivity index (χ4v) is 2.86. The highest BCUT2D eigenvalue weighted by Crippen LogP contribution is 2.48. The van der Waals surface area contributed by atoms with E-state index < -0.39 is 0 Å². The fourth-order valence-electron chi connectivity index (χ4n) is 2.86. The monoisotopic (exact) mass is 197 g/mol. The summed E-state index contributed by atoms with van der Waals surface area (Å²) in [5, 5.41) is 0. The Bertz CT molecular complexity index is 231. The molecule has 1 atom stereocenters.